The third-order valence-corrected chi connectivity index (χ3v) is 5.12. The van der Waals surface area contributed by atoms with Gasteiger partial charge in [0.05, 0.1) is 6.54 Å². The molecule has 0 unspecified atom stereocenters. The van der Waals surface area contributed by atoms with E-state index < -0.39 is 0 Å². The van der Waals surface area contributed by atoms with Crippen molar-refractivity contribution in [1.82, 2.24) is 5.32 Å². The van der Waals surface area contributed by atoms with Crippen molar-refractivity contribution in [2.45, 2.75) is 39.7 Å². The summed E-state index contributed by atoms with van der Waals surface area (Å²) in [7, 11) is 0. The lowest BCUT2D eigenvalue weighted by Gasteiger charge is -2.18. The number of nitrogens with one attached hydrogen (secondary N) is 2. The standard InChI is InChI=1S/C24H28N2O/c1-4-18-11-8-12-19(5-2)24(18)26-23(27)16-25-17(3)21-15-9-13-20-10-6-7-14-22(20)21/h6-15,17,25H,4-5,16H2,1-3H3,(H,26,27)/t17-/m0/s1. The Bertz CT molecular complexity index is 905. The number of hydrogen-bond acceptors (Lipinski definition) is 2. The number of fused-ring (bicyclic) bond motifs is 1. The molecule has 140 valence electrons. The average Bonchev–Trinajstić information content (AvgIpc) is 2.71. The Hall–Kier alpha value is -2.65. The first-order valence-electron chi connectivity index (χ1n) is 9.75. The molecule has 0 radical (unpaired) electrons. The van der Waals surface area contributed by atoms with E-state index in [4.69, 9.17) is 0 Å². The Labute approximate surface area is 161 Å². The molecule has 3 rings (SSSR count). The second kappa shape index (κ2) is 8.83. The molecule has 3 heteroatoms. The number of carbonyl (C=O) groups excluding carboxylic acids is 1. The molecule has 0 saturated heterocycles. The van der Waals surface area contributed by atoms with Crippen LogP contribution in [-0.2, 0) is 17.6 Å². The third-order valence-electron chi connectivity index (χ3n) is 5.12. The molecule has 0 spiro atoms. The highest BCUT2D eigenvalue weighted by molar-refractivity contribution is 5.94. The summed E-state index contributed by atoms with van der Waals surface area (Å²) in [6.07, 6.45) is 1.81. The fraction of sp³-hybridized carbons (Fsp3) is 0.292. The molecule has 2 N–H and O–H groups in total. The normalized spacial score (nSPS) is 12.1. The predicted molar refractivity (Wildman–Crippen MR) is 114 cm³/mol. The van der Waals surface area contributed by atoms with E-state index in [0.29, 0.717) is 0 Å². The average molecular weight is 361 g/mol. The minimum Gasteiger partial charge on any atom is -0.324 e. The minimum absolute atomic E-state index is 0.00214. The molecule has 0 aliphatic carbocycles. The highest BCUT2D eigenvalue weighted by Crippen LogP contribution is 2.24. The lowest BCUT2D eigenvalue weighted by molar-refractivity contribution is -0.115. The SMILES string of the molecule is CCc1cccc(CC)c1NC(=O)CN[C@@H](C)c1cccc2ccccc12. The zero-order valence-corrected chi connectivity index (χ0v) is 16.4. The summed E-state index contributed by atoms with van der Waals surface area (Å²) in [6, 6.07) is 21.0. The van der Waals surface area contributed by atoms with Crippen LogP contribution in [0.5, 0.6) is 0 Å². The fourth-order valence-corrected chi connectivity index (χ4v) is 3.57. The lowest BCUT2D eigenvalue weighted by atomic mass is 10.00. The van der Waals surface area contributed by atoms with Gasteiger partial charge >= 0.3 is 0 Å². The molecule has 1 amide bonds. The van der Waals surface area contributed by atoms with Gasteiger partial charge in [0, 0.05) is 11.7 Å². The Morgan fingerprint density at radius 3 is 2.22 bits per heavy atom. The van der Waals surface area contributed by atoms with E-state index in [1.54, 1.807) is 0 Å². The molecule has 0 aliphatic rings. The van der Waals surface area contributed by atoms with Gasteiger partial charge in [-0.25, -0.2) is 0 Å². The Morgan fingerprint density at radius 2 is 1.52 bits per heavy atom. The quantitative estimate of drug-likeness (QED) is 0.604. The maximum absolute atomic E-state index is 12.6. The van der Waals surface area contributed by atoms with Crippen molar-refractivity contribution < 1.29 is 4.79 Å². The van der Waals surface area contributed by atoms with Crippen molar-refractivity contribution in [3.63, 3.8) is 0 Å². The van der Waals surface area contributed by atoms with Crippen LogP contribution in [0.4, 0.5) is 5.69 Å². The van der Waals surface area contributed by atoms with E-state index in [1.165, 1.54) is 27.5 Å². The van der Waals surface area contributed by atoms with Crippen molar-refractivity contribution >= 4 is 22.4 Å². The molecule has 0 saturated carbocycles. The van der Waals surface area contributed by atoms with Crippen LogP contribution >= 0.6 is 0 Å². The van der Waals surface area contributed by atoms with Gasteiger partial charge in [-0.05, 0) is 47.2 Å². The van der Waals surface area contributed by atoms with E-state index in [-0.39, 0.29) is 18.5 Å². The molecule has 3 nitrogen and oxygen atoms in total. The molecule has 0 heterocycles. The van der Waals surface area contributed by atoms with Crippen molar-refractivity contribution in [2.24, 2.45) is 0 Å². The lowest BCUT2D eigenvalue weighted by Crippen LogP contribution is -2.30. The van der Waals surface area contributed by atoms with Crippen LogP contribution in [-0.4, -0.2) is 12.5 Å². The van der Waals surface area contributed by atoms with Gasteiger partial charge in [0.2, 0.25) is 5.91 Å². The number of aryl methyl sites for hydroxylation is 2. The van der Waals surface area contributed by atoms with E-state index in [1.807, 2.05) is 6.07 Å². The van der Waals surface area contributed by atoms with Gasteiger partial charge < -0.3 is 10.6 Å². The van der Waals surface area contributed by atoms with E-state index in [2.05, 4.69) is 86.0 Å². The smallest absolute Gasteiger partial charge is 0.238 e. The highest BCUT2D eigenvalue weighted by atomic mass is 16.1. The van der Waals surface area contributed by atoms with E-state index >= 15 is 0 Å². The maximum Gasteiger partial charge on any atom is 0.238 e. The second-order valence-corrected chi connectivity index (χ2v) is 6.88. The molecule has 0 aromatic heterocycles. The van der Waals surface area contributed by atoms with Gasteiger partial charge in [0.15, 0.2) is 0 Å². The van der Waals surface area contributed by atoms with Crippen LogP contribution in [0.25, 0.3) is 10.8 Å². The first-order valence-corrected chi connectivity index (χ1v) is 9.75. The van der Waals surface area contributed by atoms with Crippen LogP contribution < -0.4 is 10.6 Å². The van der Waals surface area contributed by atoms with Crippen LogP contribution in [0, 0.1) is 0 Å². The molecular formula is C24H28N2O. The van der Waals surface area contributed by atoms with Crippen LogP contribution in [0.1, 0.15) is 43.5 Å². The van der Waals surface area contributed by atoms with Crippen LogP contribution in [0.15, 0.2) is 60.7 Å². The summed E-state index contributed by atoms with van der Waals surface area (Å²) in [5, 5.41) is 8.94. The number of carbonyl (C=O) groups is 1. The summed E-state index contributed by atoms with van der Waals surface area (Å²) in [4.78, 5) is 12.6. The number of hydrogen-bond donors (Lipinski definition) is 2. The van der Waals surface area contributed by atoms with E-state index in [9.17, 15) is 4.79 Å². The first-order chi connectivity index (χ1) is 13.1. The largest absolute Gasteiger partial charge is 0.324 e. The Balaban J connectivity index is 1.69. The molecular weight excluding hydrogens is 332 g/mol. The summed E-state index contributed by atoms with van der Waals surface area (Å²) < 4.78 is 0. The zero-order chi connectivity index (χ0) is 19.2. The van der Waals surface area contributed by atoms with Crippen molar-refractivity contribution in [1.29, 1.82) is 0 Å². The molecule has 0 bridgehead atoms. The number of rotatable bonds is 7. The number of amides is 1. The predicted octanol–water partition coefficient (Wildman–Crippen LogP) is 5.25. The number of benzene rings is 3. The summed E-state index contributed by atoms with van der Waals surface area (Å²) in [5.41, 5.74) is 4.56. The van der Waals surface area contributed by atoms with Gasteiger partial charge in [-0.1, -0.05) is 74.5 Å². The molecule has 0 aliphatic heterocycles. The van der Waals surface area contributed by atoms with Crippen molar-refractivity contribution in [2.75, 3.05) is 11.9 Å². The summed E-state index contributed by atoms with van der Waals surface area (Å²) in [5.74, 6) is -0.00214. The molecule has 27 heavy (non-hydrogen) atoms. The molecule has 0 fully saturated rings. The fourth-order valence-electron chi connectivity index (χ4n) is 3.57. The molecule has 3 aromatic rings. The summed E-state index contributed by atoms with van der Waals surface area (Å²) >= 11 is 0. The van der Waals surface area contributed by atoms with Gasteiger partial charge in [-0.2, -0.15) is 0 Å². The van der Waals surface area contributed by atoms with Gasteiger partial charge in [0.25, 0.3) is 0 Å². The first kappa shape index (κ1) is 19.1. The Morgan fingerprint density at radius 1 is 0.889 bits per heavy atom. The minimum atomic E-state index is -0.00214. The van der Waals surface area contributed by atoms with Gasteiger partial charge in [-0.15, -0.1) is 0 Å². The zero-order valence-electron chi connectivity index (χ0n) is 16.4. The highest BCUT2D eigenvalue weighted by Gasteiger charge is 2.13. The van der Waals surface area contributed by atoms with Crippen LogP contribution in [0.3, 0.4) is 0 Å². The monoisotopic (exact) mass is 360 g/mol. The van der Waals surface area contributed by atoms with Crippen LogP contribution in [0.2, 0.25) is 0 Å². The van der Waals surface area contributed by atoms with Gasteiger partial charge in [-0.3, -0.25) is 4.79 Å². The molecule has 3 aromatic carbocycles. The van der Waals surface area contributed by atoms with Crippen molar-refractivity contribution in [3.8, 4) is 0 Å². The molecule has 1 atom stereocenters. The van der Waals surface area contributed by atoms with Crippen molar-refractivity contribution in [3.05, 3.63) is 77.4 Å². The summed E-state index contributed by atoms with van der Waals surface area (Å²) in [6.45, 7) is 6.62. The Kier molecular flexibility index (Phi) is 6.25. The maximum atomic E-state index is 12.6. The number of anilines is 1. The van der Waals surface area contributed by atoms with E-state index in [0.717, 1.165) is 18.5 Å². The number of para-hydroxylation sites is 1. The second-order valence-electron chi connectivity index (χ2n) is 6.88. The third kappa shape index (κ3) is 4.37. The van der Waals surface area contributed by atoms with Gasteiger partial charge in [0.1, 0.15) is 0 Å². The topological polar surface area (TPSA) is 41.1 Å².